The van der Waals surface area contributed by atoms with Crippen LogP contribution in [0.2, 0.25) is 10.0 Å². The average molecular weight is 247 g/mol. The van der Waals surface area contributed by atoms with Crippen molar-refractivity contribution in [2.24, 2.45) is 5.11 Å². The fraction of sp³-hybridized carbons (Fsp3) is 0.250. The molecule has 0 bridgehead atoms. The zero-order chi connectivity index (χ0) is 11.4. The van der Waals surface area contributed by atoms with Crippen LogP contribution < -0.4 is 5.73 Å². The van der Waals surface area contributed by atoms with Crippen molar-refractivity contribution in [2.45, 2.75) is 6.10 Å². The van der Waals surface area contributed by atoms with Crippen molar-refractivity contribution >= 4 is 28.9 Å². The highest BCUT2D eigenvalue weighted by Gasteiger charge is 2.11. The van der Waals surface area contributed by atoms with Crippen LogP contribution in [0.1, 0.15) is 11.7 Å². The van der Waals surface area contributed by atoms with Gasteiger partial charge in [-0.3, -0.25) is 0 Å². The summed E-state index contributed by atoms with van der Waals surface area (Å²) in [5.41, 5.74) is 14.3. The normalized spacial score (nSPS) is 11.9. The van der Waals surface area contributed by atoms with Gasteiger partial charge >= 0.3 is 0 Å². The number of aliphatic hydroxyl groups is 1. The van der Waals surface area contributed by atoms with E-state index in [4.69, 9.17) is 34.5 Å². The Morgan fingerprint density at radius 2 is 2.00 bits per heavy atom. The Labute approximate surface area is 96.0 Å². The van der Waals surface area contributed by atoms with Crippen molar-refractivity contribution in [1.82, 2.24) is 0 Å². The Morgan fingerprint density at radius 3 is 2.47 bits per heavy atom. The van der Waals surface area contributed by atoms with Crippen LogP contribution in [-0.2, 0) is 0 Å². The maximum absolute atomic E-state index is 9.57. The van der Waals surface area contributed by atoms with E-state index < -0.39 is 6.10 Å². The number of rotatable bonds is 3. The number of hydrogen-bond donors (Lipinski definition) is 2. The molecular weight excluding hydrogens is 239 g/mol. The lowest BCUT2D eigenvalue weighted by molar-refractivity contribution is 0.187. The van der Waals surface area contributed by atoms with Crippen LogP contribution in [0.3, 0.4) is 0 Å². The first-order chi connectivity index (χ1) is 7.06. The summed E-state index contributed by atoms with van der Waals surface area (Å²) in [4.78, 5) is 2.54. The summed E-state index contributed by atoms with van der Waals surface area (Å²) in [6, 6.07) is 2.97. The van der Waals surface area contributed by atoms with Gasteiger partial charge in [0.25, 0.3) is 0 Å². The first kappa shape index (κ1) is 11.9. The predicted molar refractivity (Wildman–Crippen MR) is 59.8 cm³/mol. The van der Waals surface area contributed by atoms with Gasteiger partial charge in [-0.2, -0.15) is 0 Å². The molecule has 0 saturated heterocycles. The molecule has 0 heterocycles. The first-order valence-electron chi connectivity index (χ1n) is 3.99. The summed E-state index contributed by atoms with van der Waals surface area (Å²) >= 11 is 11.5. The quantitative estimate of drug-likeness (QED) is 0.371. The molecule has 0 radical (unpaired) electrons. The fourth-order valence-electron chi connectivity index (χ4n) is 1.02. The van der Waals surface area contributed by atoms with Gasteiger partial charge in [0.2, 0.25) is 0 Å². The molecule has 0 aliphatic rings. The van der Waals surface area contributed by atoms with Gasteiger partial charge in [0.15, 0.2) is 0 Å². The summed E-state index contributed by atoms with van der Waals surface area (Å²) in [6.07, 6.45) is -0.934. The molecular formula is C8H8Cl2N4O. The molecule has 0 amide bonds. The molecule has 0 aliphatic carbocycles. The highest BCUT2D eigenvalue weighted by molar-refractivity contribution is 6.38. The van der Waals surface area contributed by atoms with Crippen LogP contribution in [0.15, 0.2) is 17.2 Å². The molecule has 1 rings (SSSR count). The minimum atomic E-state index is -0.934. The Hall–Kier alpha value is -1.13. The summed E-state index contributed by atoms with van der Waals surface area (Å²) in [5, 5.41) is 13.3. The van der Waals surface area contributed by atoms with E-state index in [1.54, 1.807) is 0 Å². The van der Waals surface area contributed by atoms with Crippen LogP contribution in [-0.4, -0.2) is 11.7 Å². The molecule has 80 valence electrons. The third-order valence-corrected chi connectivity index (χ3v) is 2.43. The Morgan fingerprint density at radius 1 is 1.47 bits per heavy atom. The van der Waals surface area contributed by atoms with Gasteiger partial charge in [-0.25, -0.2) is 0 Å². The number of nitrogen functional groups attached to an aromatic ring is 1. The van der Waals surface area contributed by atoms with Gasteiger partial charge in [0.05, 0.1) is 28.4 Å². The van der Waals surface area contributed by atoms with Gasteiger partial charge in [-0.15, -0.1) is 0 Å². The van der Waals surface area contributed by atoms with E-state index in [-0.39, 0.29) is 22.3 Å². The number of anilines is 1. The van der Waals surface area contributed by atoms with E-state index in [9.17, 15) is 5.11 Å². The summed E-state index contributed by atoms with van der Waals surface area (Å²) in [5.74, 6) is 0. The molecule has 3 N–H and O–H groups in total. The lowest BCUT2D eigenvalue weighted by Gasteiger charge is -2.10. The Kier molecular flexibility index (Phi) is 4.05. The van der Waals surface area contributed by atoms with E-state index in [1.165, 1.54) is 12.1 Å². The Bertz CT molecular complexity index is 394. The first-order valence-corrected chi connectivity index (χ1v) is 4.75. The maximum Gasteiger partial charge on any atom is 0.0847 e. The van der Waals surface area contributed by atoms with Crippen molar-refractivity contribution in [2.75, 3.05) is 12.3 Å². The van der Waals surface area contributed by atoms with Gasteiger partial charge in [-0.05, 0) is 23.2 Å². The number of benzene rings is 1. The Balaban J connectivity index is 3.00. The lowest BCUT2D eigenvalue weighted by Crippen LogP contribution is -2.02. The van der Waals surface area contributed by atoms with E-state index in [1.807, 2.05) is 0 Å². The predicted octanol–water partition coefficient (Wildman–Crippen LogP) is 2.92. The zero-order valence-corrected chi connectivity index (χ0v) is 9.07. The molecule has 1 atom stereocenters. The second kappa shape index (κ2) is 5.09. The van der Waals surface area contributed by atoms with Gasteiger partial charge in [0, 0.05) is 4.91 Å². The number of halogens is 2. The molecule has 0 saturated carbocycles. The number of aliphatic hydroxyl groups excluding tert-OH is 1. The molecule has 0 unspecified atom stereocenters. The van der Waals surface area contributed by atoms with Crippen molar-refractivity contribution in [3.8, 4) is 0 Å². The van der Waals surface area contributed by atoms with Crippen LogP contribution in [0, 0.1) is 0 Å². The minimum Gasteiger partial charge on any atom is -0.396 e. The highest BCUT2D eigenvalue weighted by atomic mass is 35.5. The lowest BCUT2D eigenvalue weighted by atomic mass is 10.1. The van der Waals surface area contributed by atoms with Crippen LogP contribution in [0.25, 0.3) is 10.4 Å². The number of nitrogens with zero attached hydrogens (tertiary/aromatic N) is 3. The number of hydrogen-bond acceptors (Lipinski definition) is 3. The molecule has 15 heavy (non-hydrogen) atoms. The van der Waals surface area contributed by atoms with Gasteiger partial charge < -0.3 is 10.8 Å². The largest absolute Gasteiger partial charge is 0.396 e. The standard InChI is InChI=1S/C8H8Cl2N4O/c9-5-1-4(2-6(10)8(5)11)7(15)3-13-14-12/h1-2,7,15H,3,11H2/t7-/m0/s1. The smallest absolute Gasteiger partial charge is 0.0847 e. The molecule has 0 fully saturated rings. The van der Waals surface area contributed by atoms with Crippen molar-refractivity contribution in [3.63, 3.8) is 0 Å². The van der Waals surface area contributed by atoms with Crippen LogP contribution in [0.5, 0.6) is 0 Å². The summed E-state index contributed by atoms with van der Waals surface area (Å²) in [7, 11) is 0. The van der Waals surface area contributed by atoms with Gasteiger partial charge in [-0.1, -0.05) is 28.3 Å². The van der Waals surface area contributed by atoms with Crippen molar-refractivity contribution < 1.29 is 5.11 Å². The third kappa shape index (κ3) is 2.91. The summed E-state index contributed by atoms with van der Waals surface area (Å²) in [6.45, 7) is -0.0763. The van der Waals surface area contributed by atoms with E-state index >= 15 is 0 Å². The molecule has 0 aliphatic heterocycles. The van der Waals surface area contributed by atoms with Gasteiger partial charge in [0.1, 0.15) is 0 Å². The van der Waals surface area contributed by atoms with E-state index in [0.717, 1.165) is 0 Å². The van der Waals surface area contributed by atoms with E-state index in [0.29, 0.717) is 5.56 Å². The molecule has 1 aromatic carbocycles. The fourth-order valence-corrected chi connectivity index (χ4v) is 1.52. The van der Waals surface area contributed by atoms with Crippen molar-refractivity contribution in [1.29, 1.82) is 0 Å². The van der Waals surface area contributed by atoms with Crippen LogP contribution in [0.4, 0.5) is 5.69 Å². The minimum absolute atomic E-state index is 0.0763. The highest BCUT2D eigenvalue weighted by Crippen LogP contribution is 2.31. The molecule has 0 spiro atoms. The van der Waals surface area contributed by atoms with E-state index in [2.05, 4.69) is 10.0 Å². The second-order valence-electron chi connectivity index (χ2n) is 2.83. The number of nitrogens with two attached hydrogens (primary N) is 1. The van der Waals surface area contributed by atoms with Crippen molar-refractivity contribution in [3.05, 3.63) is 38.2 Å². The molecule has 5 nitrogen and oxygen atoms in total. The average Bonchev–Trinajstić information content (AvgIpc) is 2.21. The maximum atomic E-state index is 9.57. The zero-order valence-electron chi connectivity index (χ0n) is 7.56. The molecule has 1 aromatic rings. The SMILES string of the molecule is [N-]=[N+]=NC[C@H](O)c1cc(Cl)c(N)c(Cl)c1. The van der Waals surface area contributed by atoms with Crippen LogP contribution >= 0.6 is 23.2 Å². The third-order valence-electron chi connectivity index (χ3n) is 1.80. The second-order valence-corrected chi connectivity index (χ2v) is 3.64. The topological polar surface area (TPSA) is 95.0 Å². The monoisotopic (exact) mass is 246 g/mol. The number of azide groups is 1. The summed E-state index contributed by atoms with van der Waals surface area (Å²) < 4.78 is 0. The molecule has 7 heteroatoms. The molecule has 0 aromatic heterocycles.